The number of carbonyl (C=O) groups is 1. The Hall–Kier alpha value is -4.23. The molecule has 2 heterocycles. The first-order chi connectivity index (χ1) is 18.9. The molecular weight excluding hydrogens is 518 g/mol. The average molecular weight is 546 g/mol. The van der Waals surface area contributed by atoms with E-state index in [0.717, 1.165) is 11.3 Å². The predicted molar refractivity (Wildman–Crippen MR) is 150 cm³/mol. The van der Waals surface area contributed by atoms with Crippen LogP contribution < -0.4 is 19.6 Å². The summed E-state index contributed by atoms with van der Waals surface area (Å²) < 4.78 is 22.9. The zero-order chi connectivity index (χ0) is 27.5. The number of hydrogen-bond acceptors (Lipinski definition) is 6. The van der Waals surface area contributed by atoms with Crippen LogP contribution in [0.4, 0.5) is 0 Å². The number of methoxy groups -OCH3 is 1. The molecule has 3 aromatic carbocycles. The maximum absolute atomic E-state index is 13.8. The molecule has 0 spiro atoms. The van der Waals surface area contributed by atoms with Crippen LogP contribution in [-0.2, 0) is 6.42 Å². The van der Waals surface area contributed by atoms with Gasteiger partial charge in [0.15, 0.2) is 16.9 Å². The fourth-order valence-corrected chi connectivity index (χ4v) is 5.01. The molecule has 0 saturated heterocycles. The largest absolute Gasteiger partial charge is 0.497 e. The first kappa shape index (κ1) is 26.4. The maximum Gasteiger partial charge on any atom is 0.290 e. The number of fused-ring (bicyclic) bond motifs is 2. The highest BCUT2D eigenvalue weighted by Gasteiger charge is 2.42. The Bertz CT molecular complexity index is 1590. The normalized spacial score (nSPS) is 14.4. The highest BCUT2D eigenvalue weighted by Crippen LogP contribution is 2.41. The Morgan fingerprint density at radius 1 is 1.03 bits per heavy atom. The summed E-state index contributed by atoms with van der Waals surface area (Å²) in [5.74, 6) is 1.51. The van der Waals surface area contributed by atoms with Crippen LogP contribution in [0.5, 0.6) is 17.2 Å². The summed E-state index contributed by atoms with van der Waals surface area (Å²) in [4.78, 5) is 29.3. The van der Waals surface area contributed by atoms with Crippen molar-refractivity contribution in [3.8, 4) is 17.2 Å². The van der Waals surface area contributed by atoms with Crippen molar-refractivity contribution in [3.05, 3.63) is 111 Å². The maximum atomic E-state index is 13.8. The molecule has 7 nitrogen and oxygen atoms in total. The van der Waals surface area contributed by atoms with E-state index in [1.165, 1.54) is 0 Å². The van der Waals surface area contributed by atoms with Gasteiger partial charge in [0.05, 0.1) is 30.7 Å². The molecule has 8 heteroatoms. The van der Waals surface area contributed by atoms with Crippen LogP contribution in [-0.4, -0.2) is 37.7 Å². The molecule has 0 N–H and O–H groups in total. The lowest BCUT2D eigenvalue weighted by Gasteiger charge is -2.26. The summed E-state index contributed by atoms with van der Waals surface area (Å²) in [6, 6.07) is 17.3. The smallest absolute Gasteiger partial charge is 0.290 e. The molecule has 0 bridgehead atoms. The Kier molecular flexibility index (Phi) is 7.61. The summed E-state index contributed by atoms with van der Waals surface area (Å²) in [5.41, 5.74) is 2.05. The number of amides is 1. The standard InChI is InChI=1S/C31H28ClNO6/c1-4-16-38-25-12-8-20(17-26(25)37-5-2)28-27-29(34)23-18-21(32)9-13-24(23)39-30(27)31(35)33(28)15-14-19-6-10-22(36-3)11-7-19/h4,6-13,17-18,28H,1,5,14-16H2,2-3H3. The van der Waals surface area contributed by atoms with Gasteiger partial charge in [-0.3, -0.25) is 9.59 Å². The van der Waals surface area contributed by atoms with Gasteiger partial charge in [-0.25, -0.2) is 0 Å². The second kappa shape index (κ2) is 11.3. The second-order valence-electron chi connectivity index (χ2n) is 9.05. The van der Waals surface area contributed by atoms with E-state index in [4.69, 9.17) is 30.2 Å². The average Bonchev–Trinajstić information content (AvgIpc) is 3.23. The van der Waals surface area contributed by atoms with Crippen molar-refractivity contribution in [2.24, 2.45) is 0 Å². The van der Waals surface area contributed by atoms with Gasteiger partial charge in [0.2, 0.25) is 5.76 Å². The number of benzene rings is 3. The molecule has 1 unspecified atom stereocenters. The summed E-state index contributed by atoms with van der Waals surface area (Å²) in [6.45, 7) is 6.67. The van der Waals surface area contributed by atoms with Gasteiger partial charge in [0, 0.05) is 11.6 Å². The summed E-state index contributed by atoms with van der Waals surface area (Å²) in [7, 11) is 1.62. The topological polar surface area (TPSA) is 78.2 Å². The molecule has 4 aromatic rings. The molecule has 1 aliphatic rings. The molecule has 200 valence electrons. The number of carbonyl (C=O) groups excluding carboxylic acids is 1. The van der Waals surface area contributed by atoms with Gasteiger partial charge in [0.25, 0.3) is 5.91 Å². The van der Waals surface area contributed by atoms with Gasteiger partial charge in [-0.1, -0.05) is 42.5 Å². The number of halogens is 1. The van der Waals surface area contributed by atoms with Crippen molar-refractivity contribution in [2.75, 3.05) is 26.9 Å². The van der Waals surface area contributed by atoms with Gasteiger partial charge in [0.1, 0.15) is 17.9 Å². The van der Waals surface area contributed by atoms with E-state index in [2.05, 4.69) is 6.58 Å². The van der Waals surface area contributed by atoms with E-state index >= 15 is 0 Å². The molecule has 1 atom stereocenters. The lowest BCUT2D eigenvalue weighted by atomic mass is 9.97. The third-order valence-corrected chi connectivity index (χ3v) is 6.90. The van der Waals surface area contributed by atoms with Gasteiger partial charge in [-0.2, -0.15) is 0 Å². The van der Waals surface area contributed by atoms with Crippen molar-refractivity contribution in [1.82, 2.24) is 4.90 Å². The number of nitrogens with zero attached hydrogens (tertiary/aromatic N) is 1. The SMILES string of the molecule is C=CCOc1ccc(C2c3c(oc4ccc(Cl)cc4c3=O)C(=O)N2CCc2ccc(OC)cc2)cc1OCC. The monoisotopic (exact) mass is 545 g/mol. The van der Waals surface area contributed by atoms with Crippen LogP contribution in [0.1, 0.15) is 40.2 Å². The number of ether oxygens (including phenoxy) is 3. The van der Waals surface area contributed by atoms with Crippen molar-refractivity contribution in [3.63, 3.8) is 0 Å². The van der Waals surface area contributed by atoms with E-state index in [-0.39, 0.29) is 22.7 Å². The third kappa shape index (κ3) is 5.10. The van der Waals surface area contributed by atoms with Crippen molar-refractivity contribution < 1.29 is 23.4 Å². The highest BCUT2D eigenvalue weighted by atomic mass is 35.5. The zero-order valence-electron chi connectivity index (χ0n) is 21.7. The molecule has 0 radical (unpaired) electrons. The number of rotatable bonds is 10. The molecule has 0 saturated carbocycles. The molecule has 0 fully saturated rings. The first-order valence-electron chi connectivity index (χ1n) is 12.7. The molecule has 0 aliphatic carbocycles. The Labute approximate surface area is 231 Å². The Morgan fingerprint density at radius 2 is 1.82 bits per heavy atom. The van der Waals surface area contributed by atoms with Crippen LogP contribution >= 0.6 is 11.6 Å². The minimum atomic E-state index is -0.682. The Morgan fingerprint density at radius 3 is 2.54 bits per heavy atom. The van der Waals surface area contributed by atoms with Crippen LogP contribution in [0, 0.1) is 0 Å². The van der Waals surface area contributed by atoms with Crippen molar-refractivity contribution in [2.45, 2.75) is 19.4 Å². The molecular formula is C31H28ClNO6. The Balaban J connectivity index is 1.61. The number of hydrogen-bond donors (Lipinski definition) is 0. The van der Waals surface area contributed by atoms with Gasteiger partial charge in [-0.05, 0) is 66.9 Å². The second-order valence-corrected chi connectivity index (χ2v) is 9.49. The molecule has 1 amide bonds. The van der Waals surface area contributed by atoms with Gasteiger partial charge in [-0.15, -0.1) is 0 Å². The molecule has 5 rings (SSSR count). The fraction of sp³-hybridized carbons (Fsp3) is 0.226. The molecule has 1 aliphatic heterocycles. The predicted octanol–water partition coefficient (Wildman–Crippen LogP) is 6.21. The fourth-order valence-electron chi connectivity index (χ4n) is 4.84. The zero-order valence-corrected chi connectivity index (χ0v) is 22.5. The van der Waals surface area contributed by atoms with E-state index in [1.807, 2.05) is 43.3 Å². The minimum Gasteiger partial charge on any atom is -0.497 e. The summed E-state index contributed by atoms with van der Waals surface area (Å²) >= 11 is 6.20. The van der Waals surface area contributed by atoms with E-state index in [0.29, 0.717) is 59.2 Å². The lowest BCUT2D eigenvalue weighted by molar-refractivity contribution is 0.0729. The van der Waals surface area contributed by atoms with E-state index < -0.39 is 6.04 Å². The van der Waals surface area contributed by atoms with Crippen LogP contribution in [0.15, 0.2) is 82.5 Å². The quantitative estimate of drug-likeness (QED) is 0.221. The van der Waals surface area contributed by atoms with Gasteiger partial charge >= 0.3 is 0 Å². The van der Waals surface area contributed by atoms with Crippen LogP contribution in [0.2, 0.25) is 5.02 Å². The lowest BCUT2D eigenvalue weighted by Crippen LogP contribution is -2.31. The third-order valence-electron chi connectivity index (χ3n) is 6.67. The van der Waals surface area contributed by atoms with E-state index in [9.17, 15) is 9.59 Å². The van der Waals surface area contributed by atoms with E-state index in [1.54, 1.807) is 42.4 Å². The van der Waals surface area contributed by atoms with Crippen LogP contribution in [0.25, 0.3) is 11.0 Å². The minimum absolute atomic E-state index is 0.0412. The van der Waals surface area contributed by atoms with Crippen LogP contribution in [0.3, 0.4) is 0 Å². The highest BCUT2D eigenvalue weighted by molar-refractivity contribution is 6.31. The molecule has 1 aromatic heterocycles. The summed E-state index contributed by atoms with van der Waals surface area (Å²) in [6.07, 6.45) is 2.22. The molecule has 39 heavy (non-hydrogen) atoms. The van der Waals surface area contributed by atoms with Crippen molar-refractivity contribution >= 4 is 28.5 Å². The first-order valence-corrected chi connectivity index (χ1v) is 13.0. The van der Waals surface area contributed by atoms with Crippen molar-refractivity contribution in [1.29, 1.82) is 0 Å². The van der Waals surface area contributed by atoms with Gasteiger partial charge < -0.3 is 23.5 Å². The summed E-state index contributed by atoms with van der Waals surface area (Å²) in [5, 5.41) is 0.737.